The van der Waals surface area contributed by atoms with E-state index in [9.17, 15) is 21.8 Å². The molecule has 1 aliphatic rings. The average Bonchev–Trinajstić information content (AvgIpc) is 3.44. The van der Waals surface area contributed by atoms with Crippen LogP contribution in [0, 0.1) is 18.6 Å². The zero-order chi connectivity index (χ0) is 35.6. The number of rotatable bonds is 9. The molecule has 3 aromatic rings. The number of piperazine rings is 1. The summed E-state index contributed by atoms with van der Waals surface area (Å²) in [5.74, 6) is -3.52. The molecule has 260 valence electrons. The minimum atomic E-state index is -5.08. The van der Waals surface area contributed by atoms with Gasteiger partial charge in [0.1, 0.15) is 5.82 Å². The smallest absolute Gasteiger partial charge is 0.475 e. The Morgan fingerprint density at radius 2 is 1.92 bits per heavy atom. The van der Waals surface area contributed by atoms with Gasteiger partial charge in [0.15, 0.2) is 17.0 Å². The van der Waals surface area contributed by atoms with E-state index in [4.69, 9.17) is 9.90 Å². The summed E-state index contributed by atoms with van der Waals surface area (Å²) in [6, 6.07) is 9.74. The van der Waals surface area contributed by atoms with Crippen molar-refractivity contribution in [3.8, 4) is 11.3 Å². The molecule has 1 fully saturated rings. The van der Waals surface area contributed by atoms with E-state index in [2.05, 4.69) is 37.0 Å². The van der Waals surface area contributed by atoms with E-state index in [0.717, 1.165) is 26.2 Å². The highest BCUT2D eigenvalue weighted by Crippen LogP contribution is 2.37. The maximum Gasteiger partial charge on any atom is 0.490 e. The quantitative estimate of drug-likeness (QED) is 0.123. The van der Waals surface area contributed by atoms with E-state index in [1.54, 1.807) is 48.6 Å². The molecule has 0 saturated carbocycles. The summed E-state index contributed by atoms with van der Waals surface area (Å²) in [5, 5.41) is 14.1. The third-order valence-corrected chi connectivity index (χ3v) is 8.91. The Kier molecular flexibility index (Phi) is 13.7. The summed E-state index contributed by atoms with van der Waals surface area (Å²) < 4.78 is 79.1. The van der Waals surface area contributed by atoms with E-state index in [1.807, 2.05) is 18.7 Å². The fourth-order valence-corrected chi connectivity index (χ4v) is 5.89. The van der Waals surface area contributed by atoms with Crippen molar-refractivity contribution in [1.82, 2.24) is 14.6 Å². The Balaban J connectivity index is 0.000000804. The van der Waals surface area contributed by atoms with Gasteiger partial charge in [0, 0.05) is 51.0 Å². The van der Waals surface area contributed by atoms with Crippen molar-refractivity contribution >= 4 is 63.9 Å². The number of aliphatic carboxylic acids is 1. The molecule has 0 aliphatic carbocycles. The lowest BCUT2D eigenvalue weighted by Gasteiger charge is -2.29. The molecule has 11 nitrogen and oxygen atoms in total. The summed E-state index contributed by atoms with van der Waals surface area (Å²) in [7, 11) is 1.68. The monoisotopic (exact) mass is 714 g/mol. The second kappa shape index (κ2) is 17.2. The summed E-state index contributed by atoms with van der Waals surface area (Å²) in [6.45, 7) is 12.7. The molecule has 2 aromatic carbocycles. The number of carboxylic acid groups (broad SMARTS) is 1. The molecular weight excluding hydrogens is 680 g/mol. The van der Waals surface area contributed by atoms with Gasteiger partial charge in [-0.25, -0.2) is 37.1 Å². The van der Waals surface area contributed by atoms with Gasteiger partial charge in [-0.1, -0.05) is 19.1 Å². The molecule has 1 aliphatic heterocycles. The van der Waals surface area contributed by atoms with Crippen LogP contribution in [0.1, 0.15) is 23.7 Å². The summed E-state index contributed by atoms with van der Waals surface area (Å²) >= 11 is -0.247. The topological polar surface area (TPSA) is 135 Å². The maximum absolute atomic E-state index is 15.7. The second-order valence-electron chi connectivity index (χ2n) is 9.97. The number of halogens is 5. The summed E-state index contributed by atoms with van der Waals surface area (Å²) in [5.41, 5.74) is 2.25. The van der Waals surface area contributed by atoms with Crippen molar-refractivity contribution in [2.45, 2.75) is 26.9 Å². The molecule has 0 bridgehead atoms. The number of nitrogens with one attached hydrogen (secondary N) is 3. The number of alkyl halides is 3. The number of hydrogen-bond acceptors (Lipinski definition) is 7. The Morgan fingerprint density at radius 1 is 1.25 bits per heavy atom. The average molecular weight is 715 g/mol. The number of aliphatic imine (C=N–C) groups is 2. The third-order valence-electron chi connectivity index (χ3n) is 6.70. The lowest BCUT2D eigenvalue weighted by molar-refractivity contribution is -0.192. The number of anilines is 3. The number of nitrogens with zero attached hydrogens (tertiary/aromatic N) is 5. The minimum absolute atomic E-state index is 0.102. The van der Waals surface area contributed by atoms with Gasteiger partial charge < -0.3 is 20.6 Å². The standard InChI is InChI=1S/C28H34F2N8OS2.C2HF3O2/c1-6-22(35-28(31-4)34-19-11-12-24(21(29)17-19)38-15-13-32-14-16-38)27-26(33-18(3)40-27)20-9-8-10-23(25(20)30)36-41(39)37(5)7-2;3-2(4,5)1(6)7/h6,8-12,17,32,36H,4,7,13-16H2,1-3,5H3,(H,34,35);(H,6,7)/b22-6-;. The predicted octanol–water partition coefficient (Wildman–Crippen LogP) is 5.91. The van der Waals surface area contributed by atoms with Gasteiger partial charge in [-0.2, -0.15) is 13.2 Å². The summed E-state index contributed by atoms with van der Waals surface area (Å²) in [4.78, 5) is 24.7. The fraction of sp³-hybridized carbons (Fsp3) is 0.333. The number of thiazole rings is 1. The lowest BCUT2D eigenvalue weighted by Crippen LogP contribution is -2.43. The zero-order valence-corrected chi connectivity index (χ0v) is 28.1. The van der Waals surface area contributed by atoms with Crippen molar-refractivity contribution in [2.24, 2.45) is 9.98 Å². The van der Waals surface area contributed by atoms with Gasteiger partial charge in [0.25, 0.3) is 0 Å². The van der Waals surface area contributed by atoms with Crippen molar-refractivity contribution in [3.05, 3.63) is 64.0 Å². The van der Waals surface area contributed by atoms with E-state index < -0.39 is 29.1 Å². The highest BCUT2D eigenvalue weighted by atomic mass is 32.2. The number of carbonyl (C=O) groups is 1. The molecule has 0 radical (unpaired) electrons. The molecule has 0 spiro atoms. The van der Waals surface area contributed by atoms with Crippen molar-refractivity contribution in [1.29, 1.82) is 0 Å². The van der Waals surface area contributed by atoms with E-state index in [-0.39, 0.29) is 23.0 Å². The van der Waals surface area contributed by atoms with Crippen LogP contribution in [0.3, 0.4) is 0 Å². The van der Waals surface area contributed by atoms with Gasteiger partial charge in [0.2, 0.25) is 5.96 Å². The van der Waals surface area contributed by atoms with Crippen molar-refractivity contribution in [3.63, 3.8) is 0 Å². The largest absolute Gasteiger partial charge is 0.490 e. The fourth-order valence-electron chi connectivity index (χ4n) is 4.21. The number of aromatic nitrogens is 1. The molecule has 1 aromatic heterocycles. The van der Waals surface area contributed by atoms with Crippen LogP contribution in [-0.4, -0.2) is 83.2 Å². The Hall–Kier alpha value is -4.26. The zero-order valence-electron chi connectivity index (χ0n) is 26.5. The molecule has 0 amide bonds. The second-order valence-corrected chi connectivity index (χ2v) is 12.5. The van der Waals surface area contributed by atoms with Crippen LogP contribution in [-0.2, 0) is 16.0 Å². The van der Waals surface area contributed by atoms with Gasteiger partial charge in [-0.15, -0.1) is 11.3 Å². The van der Waals surface area contributed by atoms with Crippen LogP contribution in [0.5, 0.6) is 0 Å². The summed E-state index contributed by atoms with van der Waals surface area (Å²) in [6.07, 6.45) is -3.32. The predicted molar refractivity (Wildman–Crippen MR) is 182 cm³/mol. The SMILES string of the molecule is C=NC(=N/C(=C\C)c1sc(C)nc1-c1cccc(NS(=O)N(C)CC)c1F)Nc1ccc(N2CCNCC2)c(F)c1.O=C(O)C(F)(F)F. The number of aryl methyl sites for hydroxylation is 1. The lowest BCUT2D eigenvalue weighted by atomic mass is 10.1. The molecule has 1 unspecified atom stereocenters. The molecule has 1 atom stereocenters. The first-order chi connectivity index (χ1) is 22.7. The van der Waals surface area contributed by atoms with Gasteiger partial charge in [-0.05, 0) is 50.9 Å². The molecule has 18 heteroatoms. The number of hydrogen-bond donors (Lipinski definition) is 4. The van der Waals surface area contributed by atoms with Crippen molar-refractivity contribution in [2.75, 3.05) is 54.7 Å². The molecule has 2 heterocycles. The van der Waals surface area contributed by atoms with Gasteiger partial charge in [-0.3, -0.25) is 4.72 Å². The van der Waals surface area contributed by atoms with Crippen LogP contribution >= 0.6 is 11.3 Å². The highest BCUT2D eigenvalue weighted by molar-refractivity contribution is 7.84. The van der Waals surface area contributed by atoms with Crippen LogP contribution < -0.4 is 20.3 Å². The number of benzene rings is 2. The van der Waals surface area contributed by atoms with Crippen LogP contribution in [0.2, 0.25) is 0 Å². The Morgan fingerprint density at radius 3 is 2.48 bits per heavy atom. The van der Waals surface area contributed by atoms with E-state index in [1.165, 1.54) is 23.5 Å². The molecular formula is C30H35F5N8O3S2. The number of guanidine groups is 1. The number of carboxylic acids is 1. The van der Waals surface area contributed by atoms with Crippen molar-refractivity contribution < 1.29 is 36.1 Å². The molecule has 4 rings (SSSR count). The molecule has 4 N–H and O–H groups in total. The van der Waals surface area contributed by atoms with Gasteiger partial charge in [0.05, 0.1) is 32.7 Å². The third kappa shape index (κ3) is 10.1. The highest BCUT2D eigenvalue weighted by Gasteiger charge is 2.38. The van der Waals surface area contributed by atoms with Crippen LogP contribution in [0.4, 0.5) is 39.0 Å². The first-order valence-electron chi connectivity index (χ1n) is 14.4. The van der Waals surface area contributed by atoms with Gasteiger partial charge >= 0.3 is 12.1 Å². The van der Waals surface area contributed by atoms with E-state index >= 15 is 4.39 Å². The number of allylic oxidation sites excluding steroid dienone is 1. The minimum Gasteiger partial charge on any atom is -0.475 e. The Labute approximate surface area is 281 Å². The van der Waals surface area contributed by atoms with Crippen LogP contribution in [0.15, 0.2) is 52.5 Å². The Bertz CT molecular complexity index is 1690. The van der Waals surface area contributed by atoms with Crippen LogP contribution in [0.25, 0.3) is 17.0 Å². The molecule has 1 saturated heterocycles. The maximum atomic E-state index is 15.7. The van der Waals surface area contributed by atoms with E-state index in [0.29, 0.717) is 39.2 Å². The molecule has 48 heavy (non-hydrogen) atoms. The normalized spacial score (nSPS) is 14.7. The first-order valence-corrected chi connectivity index (χ1v) is 16.3. The first kappa shape index (κ1) is 38.2.